The van der Waals surface area contributed by atoms with Gasteiger partial charge in [-0.15, -0.1) is 0 Å². The number of methoxy groups -OCH3 is 1. The lowest BCUT2D eigenvalue weighted by atomic mass is 9.99. The van der Waals surface area contributed by atoms with Crippen LogP contribution in [-0.2, 0) is 14.3 Å². The summed E-state index contributed by atoms with van der Waals surface area (Å²) in [5, 5.41) is 9.18. The quantitative estimate of drug-likeness (QED) is 0.650. The number of carboxylic acid groups (broad SMARTS) is 1. The van der Waals surface area contributed by atoms with E-state index in [-0.39, 0.29) is 0 Å². The molecule has 0 aromatic heterocycles. The second-order valence-corrected chi connectivity index (χ2v) is 4.27. The predicted octanol–water partition coefficient (Wildman–Crippen LogP) is 0.589. The lowest BCUT2D eigenvalue weighted by Gasteiger charge is -2.30. The van der Waals surface area contributed by atoms with Gasteiger partial charge >= 0.3 is 5.97 Å². The summed E-state index contributed by atoms with van der Waals surface area (Å²) in [6.45, 7) is 5.01. The highest BCUT2D eigenvalue weighted by atomic mass is 16.5. The SMILES string of the molecule is COCCOCCN1CCCC1(C)C(=O)O. The van der Waals surface area contributed by atoms with Gasteiger partial charge in [0.1, 0.15) is 5.54 Å². The van der Waals surface area contributed by atoms with Gasteiger partial charge in [-0.1, -0.05) is 0 Å². The summed E-state index contributed by atoms with van der Waals surface area (Å²) < 4.78 is 10.2. The molecule has 94 valence electrons. The van der Waals surface area contributed by atoms with Gasteiger partial charge in [-0.25, -0.2) is 0 Å². The minimum atomic E-state index is -0.734. The summed E-state index contributed by atoms with van der Waals surface area (Å²) in [4.78, 5) is 13.2. The number of carboxylic acids is 1. The third kappa shape index (κ3) is 3.17. The third-order valence-electron chi connectivity index (χ3n) is 3.19. The fourth-order valence-electron chi connectivity index (χ4n) is 2.04. The van der Waals surface area contributed by atoms with E-state index in [2.05, 4.69) is 0 Å². The van der Waals surface area contributed by atoms with Crippen molar-refractivity contribution in [3.8, 4) is 0 Å². The van der Waals surface area contributed by atoms with Crippen LogP contribution in [0.1, 0.15) is 19.8 Å². The summed E-state index contributed by atoms with van der Waals surface area (Å²) in [5.74, 6) is -0.734. The molecule has 0 spiro atoms. The van der Waals surface area contributed by atoms with Crippen LogP contribution in [0.5, 0.6) is 0 Å². The largest absolute Gasteiger partial charge is 0.480 e. The predicted molar refractivity (Wildman–Crippen MR) is 59.5 cm³/mol. The number of aliphatic carboxylic acids is 1. The number of hydrogen-bond acceptors (Lipinski definition) is 4. The van der Waals surface area contributed by atoms with Gasteiger partial charge in [0.15, 0.2) is 0 Å². The van der Waals surface area contributed by atoms with Gasteiger partial charge in [-0.3, -0.25) is 9.69 Å². The molecule has 1 rings (SSSR count). The van der Waals surface area contributed by atoms with Crippen molar-refractivity contribution in [2.24, 2.45) is 0 Å². The van der Waals surface area contributed by atoms with E-state index in [1.54, 1.807) is 14.0 Å². The highest BCUT2D eigenvalue weighted by Gasteiger charge is 2.42. The number of carbonyl (C=O) groups is 1. The zero-order valence-electron chi connectivity index (χ0n) is 10.1. The molecule has 1 aliphatic rings. The third-order valence-corrected chi connectivity index (χ3v) is 3.19. The molecule has 1 unspecified atom stereocenters. The van der Waals surface area contributed by atoms with Gasteiger partial charge in [-0.05, 0) is 26.3 Å². The van der Waals surface area contributed by atoms with Crippen LogP contribution in [0.2, 0.25) is 0 Å². The Hall–Kier alpha value is -0.650. The number of hydrogen-bond donors (Lipinski definition) is 1. The van der Waals surface area contributed by atoms with Crippen LogP contribution in [0.25, 0.3) is 0 Å². The second kappa shape index (κ2) is 6.18. The van der Waals surface area contributed by atoms with Crippen molar-refractivity contribution in [3.05, 3.63) is 0 Å². The molecule has 1 fully saturated rings. The maximum atomic E-state index is 11.2. The zero-order valence-corrected chi connectivity index (χ0v) is 10.1. The molecular weight excluding hydrogens is 210 g/mol. The van der Waals surface area contributed by atoms with Crippen molar-refractivity contribution in [1.29, 1.82) is 0 Å². The van der Waals surface area contributed by atoms with Gasteiger partial charge in [0, 0.05) is 13.7 Å². The standard InChI is InChI=1S/C11H21NO4/c1-11(10(13)14)4-3-5-12(11)6-7-16-9-8-15-2/h3-9H2,1-2H3,(H,13,14). The van der Waals surface area contributed by atoms with Crippen molar-refractivity contribution in [1.82, 2.24) is 4.90 Å². The maximum absolute atomic E-state index is 11.2. The molecule has 0 bridgehead atoms. The van der Waals surface area contributed by atoms with Crippen molar-refractivity contribution in [3.63, 3.8) is 0 Å². The van der Waals surface area contributed by atoms with Crippen molar-refractivity contribution in [2.75, 3.05) is 40.0 Å². The number of ether oxygens (including phenoxy) is 2. The molecular formula is C11H21NO4. The number of likely N-dealkylation sites (tertiary alicyclic amines) is 1. The van der Waals surface area contributed by atoms with Gasteiger partial charge in [0.2, 0.25) is 0 Å². The Labute approximate surface area is 96.3 Å². The van der Waals surface area contributed by atoms with Gasteiger partial charge in [0.25, 0.3) is 0 Å². The molecule has 0 aliphatic carbocycles. The molecule has 1 atom stereocenters. The van der Waals surface area contributed by atoms with Crippen molar-refractivity contribution in [2.45, 2.75) is 25.3 Å². The minimum Gasteiger partial charge on any atom is -0.480 e. The highest BCUT2D eigenvalue weighted by Crippen LogP contribution is 2.28. The molecule has 1 saturated heterocycles. The maximum Gasteiger partial charge on any atom is 0.323 e. The van der Waals surface area contributed by atoms with Crippen LogP contribution in [0.4, 0.5) is 0 Å². The van der Waals surface area contributed by atoms with E-state index in [0.717, 1.165) is 19.4 Å². The summed E-state index contributed by atoms with van der Waals surface area (Å²) in [6, 6.07) is 0. The molecule has 0 aromatic carbocycles. The van der Waals surface area contributed by atoms with Crippen LogP contribution < -0.4 is 0 Å². The Morgan fingerprint density at radius 2 is 2.19 bits per heavy atom. The van der Waals surface area contributed by atoms with Gasteiger partial charge in [-0.2, -0.15) is 0 Å². The first kappa shape index (κ1) is 13.4. The Balaban J connectivity index is 2.28. The normalized spacial score (nSPS) is 26.1. The highest BCUT2D eigenvalue weighted by molar-refractivity contribution is 5.78. The van der Waals surface area contributed by atoms with E-state index in [0.29, 0.717) is 26.4 Å². The molecule has 16 heavy (non-hydrogen) atoms. The minimum absolute atomic E-state index is 0.562. The molecule has 0 radical (unpaired) electrons. The van der Waals surface area contributed by atoms with Gasteiger partial charge in [0.05, 0.1) is 19.8 Å². The topological polar surface area (TPSA) is 59.0 Å². The first-order chi connectivity index (χ1) is 7.61. The van der Waals surface area contributed by atoms with E-state index in [1.165, 1.54) is 0 Å². The molecule has 5 heteroatoms. The van der Waals surface area contributed by atoms with Crippen LogP contribution in [0.3, 0.4) is 0 Å². The lowest BCUT2D eigenvalue weighted by molar-refractivity contribution is -0.149. The average Bonchev–Trinajstić information content (AvgIpc) is 2.61. The molecule has 0 amide bonds. The molecule has 5 nitrogen and oxygen atoms in total. The molecule has 1 heterocycles. The fraction of sp³-hybridized carbons (Fsp3) is 0.909. The first-order valence-electron chi connectivity index (χ1n) is 5.66. The second-order valence-electron chi connectivity index (χ2n) is 4.27. The van der Waals surface area contributed by atoms with E-state index in [9.17, 15) is 9.90 Å². The summed E-state index contributed by atoms with van der Waals surface area (Å²) in [7, 11) is 1.63. The Kier molecular flexibility index (Phi) is 5.18. The molecule has 0 aromatic rings. The smallest absolute Gasteiger partial charge is 0.323 e. The van der Waals surface area contributed by atoms with Crippen LogP contribution in [-0.4, -0.2) is 61.5 Å². The van der Waals surface area contributed by atoms with Crippen molar-refractivity contribution < 1.29 is 19.4 Å². The van der Waals surface area contributed by atoms with Crippen molar-refractivity contribution >= 4 is 5.97 Å². The zero-order chi connectivity index (χ0) is 12.0. The summed E-state index contributed by atoms with van der Waals surface area (Å²) in [6.07, 6.45) is 1.67. The van der Waals surface area contributed by atoms with E-state index in [1.807, 2.05) is 4.90 Å². The Morgan fingerprint density at radius 1 is 1.44 bits per heavy atom. The Morgan fingerprint density at radius 3 is 2.81 bits per heavy atom. The van der Waals surface area contributed by atoms with Crippen LogP contribution >= 0.6 is 0 Å². The summed E-state index contributed by atoms with van der Waals surface area (Å²) >= 11 is 0. The van der Waals surface area contributed by atoms with Gasteiger partial charge < -0.3 is 14.6 Å². The lowest BCUT2D eigenvalue weighted by Crippen LogP contribution is -2.49. The molecule has 1 N–H and O–H groups in total. The number of rotatable bonds is 7. The monoisotopic (exact) mass is 231 g/mol. The first-order valence-corrected chi connectivity index (χ1v) is 5.66. The van der Waals surface area contributed by atoms with Crippen LogP contribution in [0, 0.1) is 0 Å². The summed E-state index contributed by atoms with van der Waals surface area (Å²) in [5.41, 5.74) is -0.704. The number of nitrogens with zero attached hydrogens (tertiary/aromatic N) is 1. The van der Waals surface area contributed by atoms with E-state index < -0.39 is 11.5 Å². The van der Waals surface area contributed by atoms with E-state index >= 15 is 0 Å². The Bertz CT molecular complexity index is 234. The molecule has 1 aliphatic heterocycles. The average molecular weight is 231 g/mol. The van der Waals surface area contributed by atoms with Crippen LogP contribution in [0.15, 0.2) is 0 Å². The van der Waals surface area contributed by atoms with E-state index in [4.69, 9.17) is 9.47 Å². The molecule has 0 saturated carbocycles. The fourth-order valence-corrected chi connectivity index (χ4v) is 2.04.